The van der Waals surface area contributed by atoms with Crippen molar-refractivity contribution in [3.05, 3.63) is 90.0 Å². The molecule has 4 heteroatoms. The summed E-state index contributed by atoms with van der Waals surface area (Å²) in [4.78, 5) is 0. The Morgan fingerprint density at radius 1 is 1.09 bits per heavy atom. The molecule has 0 aliphatic heterocycles. The smallest absolute Gasteiger partial charge is 0.168 e. The van der Waals surface area contributed by atoms with Crippen LogP contribution >= 0.6 is 0 Å². The van der Waals surface area contributed by atoms with Gasteiger partial charge >= 0.3 is 0 Å². The topological polar surface area (TPSA) is 66.0 Å². The Balaban J connectivity index is 2.11. The molecule has 0 spiro atoms. The average Bonchev–Trinajstić information content (AvgIpc) is 2.88. The first-order valence-electron chi connectivity index (χ1n) is 11.2. The van der Waals surface area contributed by atoms with Crippen LogP contribution in [0, 0.1) is 34.0 Å². The number of benzene rings is 2. The van der Waals surface area contributed by atoms with Crippen LogP contribution in [0.15, 0.2) is 78.9 Å². The molecule has 2 aromatic carbocycles. The van der Waals surface area contributed by atoms with E-state index in [1.807, 2.05) is 42.5 Å². The van der Waals surface area contributed by atoms with E-state index in [2.05, 4.69) is 43.0 Å². The van der Waals surface area contributed by atoms with Crippen molar-refractivity contribution in [2.45, 2.75) is 31.6 Å². The molecule has 0 radical (unpaired) electrons. The van der Waals surface area contributed by atoms with Gasteiger partial charge in [0.05, 0.1) is 26.4 Å². The molecule has 0 saturated heterocycles. The molecule has 1 aliphatic carbocycles. The second-order valence-electron chi connectivity index (χ2n) is 8.26. The first-order valence-corrected chi connectivity index (χ1v) is 11.2. The predicted molar refractivity (Wildman–Crippen MR) is 132 cm³/mol. The highest BCUT2D eigenvalue weighted by atomic mass is 16.5. The van der Waals surface area contributed by atoms with Gasteiger partial charge < -0.3 is 9.47 Å². The second kappa shape index (κ2) is 11.2. The van der Waals surface area contributed by atoms with E-state index in [4.69, 9.17) is 9.47 Å². The zero-order valence-electron chi connectivity index (χ0n) is 19.3. The van der Waals surface area contributed by atoms with Gasteiger partial charge in [0.1, 0.15) is 11.5 Å². The van der Waals surface area contributed by atoms with E-state index in [9.17, 15) is 10.5 Å². The molecule has 1 unspecified atom stereocenters. The fourth-order valence-electron chi connectivity index (χ4n) is 4.63. The number of ether oxygens (including phenoxy) is 2. The van der Waals surface area contributed by atoms with Gasteiger partial charge in [-0.2, -0.15) is 10.5 Å². The molecule has 0 heterocycles. The van der Waals surface area contributed by atoms with E-state index in [1.54, 1.807) is 20.3 Å². The highest BCUT2D eigenvalue weighted by Gasteiger charge is 2.41. The zero-order valence-corrected chi connectivity index (χ0v) is 19.3. The SMILES string of the molecule is C=CCC(C#N)(C#N)C1=CCCC[C@H]1C(/C=C/c1cccc(OC)c1)c1cccc(OC)c1. The van der Waals surface area contributed by atoms with Crippen molar-refractivity contribution in [3.8, 4) is 23.6 Å². The minimum atomic E-state index is -1.20. The summed E-state index contributed by atoms with van der Waals surface area (Å²) in [5, 5.41) is 20.1. The standard InChI is InChI=1S/C29H30N2O2/c1-4-17-29(20-30,21-31)28-14-6-5-13-27(28)26(23-10-8-12-25(19-23)33-3)16-15-22-9-7-11-24(18-22)32-2/h4,7-12,14-16,18-19,26-27H,1,5-6,13,17H2,2-3H3/b16-15+/t26?,27-/m0/s1. The van der Waals surface area contributed by atoms with E-state index in [-0.39, 0.29) is 11.8 Å². The zero-order chi connectivity index (χ0) is 23.7. The van der Waals surface area contributed by atoms with Crippen LogP contribution in [0.25, 0.3) is 6.08 Å². The molecule has 1 aliphatic rings. The van der Waals surface area contributed by atoms with E-state index >= 15 is 0 Å². The average molecular weight is 439 g/mol. The Kier molecular flexibility index (Phi) is 8.11. The molecule has 4 nitrogen and oxygen atoms in total. The van der Waals surface area contributed by atoms with Crippen molar-refractivity contribution in [1.29, 1.82) is 10.5 Å². The quantitative estimate of drug-likeness (QED) is 0.402. The molecule has 2 aromatic rings. The van der Waals surface area contributed by atoms with Gasteiger partial charge in [-0.05, 0) is 66.1 Å². The van der Waals surface area contributed by atoms with E-state index < -0.39 is 5.41 Å². The van der Waals surface area contributed by atoms with Crippen molar-refractivity contribution in [3.63, 3.8) is 0 Å². The van der Waals surface area contributed by atoms with Crippen molar-refractivity contribution >= 4 is 6.08 Å². The lowest BCUT2D eigenvalue weighted by atomic mass is 9.65. The van der Waals surface area contributed by atoms with Crippen LogP contribution in [0.1, 0.15) is 42.7 Å². The first-order chi connectivity index (χ1) is 16.1. The minimum absolute atomic E-state index is 0.0203. The van der Waals surface area contributed by atoms with Crippen LogP contribution in [-0.2, 0) is 0 Å². The Bertz CT molecular complexity index is 1100. The molecular formula is C29H30N2O2. The fraction of sp³-hybridized carbons (Fsp3) is 0.310. The van der Waals surface area contributed by atoms with Crippen molar-refractivity contribution in [1.82, 2.24) is 0 Å². The van der Waals surface area contributed by atoms with Gasteiger partial charge in [0.15, 0.2) is 5.41 Å². The third-order valence-corrected chi connectivity index (χ3v) is 6.31. The maximum atomic E-state index is 10.1. The summed E-state index contributed by atoms with van der Waals surface area (Å²) in [6.45, 7) is 3.81. The molecule has 0 saturated carbocycles. The lowest BCUT2D eigenvalue weighted by Gasteiger charge is -2.36. The summed E-state index contributed by atoms with van der Waals surface area (Å²) in [5.41, 5.74) is 1.83. The summed E-state index contributed by atoms with van der Waals surface area (Å²) < 4.78 is 10.9. The Morgan fingerprint density at radius 2 is 1.79 bits per heavy atom. The highest BCUT2D eigenvalue weighted by molar-refractivity contribution is 5.54. The number of hydrogen-bond acceptors (Lipinski definition) is 4. The van der Waals surface area contributed by atoms with Crippen molar-refractivity contribution in [2.24, 2.45) is 11.3 Å². The maximum absolute atomic E-state index is 10.1. The van der Waals surface area contributed by atoms with E-state index in [0.29, 0.717) is 6.42 Å². The van der Waals surface area contributed by atoms with E-state index in [1.165, 1.54) is 0 Å². The molecule has 0 N–H and O–H groups in total. The highest BCUT2D eigenvalue weighted by Crippen LogP contribution is 2.47. The molecule has 33 heavy (non-hydrogen) atoms. The molecule has 168 valence electrons. The van der Waals surface area contributed by atoms with E-state index in [0.717, 1.165) is 47.5 Å². The number of methoxy groups -OCH3 is 2. The van der Waals surface area contributed by atoms with Crippen molar-refractivity contribution in [2.75, 3.05) is 14.2 Å². The van der Waals surface area contributed by atoms with Crippen LogP contribution in [-0.4, -0.2) is 14.2 Å². The Morgan fingerprint density at radius 3 is 2.45 bits per heavy atom. The molecule has 0 amide bonds. The van der Waals surface area contributed by atoms with Gasteiger partial charge in [0.2, 0.25) is 0 Å². The third-order valence-electron chi connectivity index (χ3n) is 6.31. The minimum Gasteiger partial charge on any atom is -0.497 e. The van der Waals surface area contributed by atoms with Crippen LogP contribution in [0.3, 0.4) is 0 Å². The lowest BCUT2D eigenvalue weighted by molar-refractivity contribution is 0.399. The first kappa shape index (κ1) is 23.9. The van der Waals surface area contributed by atoms with Gasteiger partial charge in [0.25, 0.3) is 0 Å². The van der Waals surface area contributed by atoms with Gasteiger partial charge in [-0.1, -0.05) is 48.6 Å². The molecule has 0 fully saturated rings. The molecular weight excluding hydrogens is 408 g/mol. The molecule has 3 rings (SSSR count). The summed E-state index contributed by atoms with van der Waals surface area (Å²) in [7, 11) is 3.32. The largest absolute Gasteiger partial charge is 0.497 e. The Hall–Kier alpha value is -3.76. The monoisotopic (exact) mass is 438 g/mol. The van der Waals surface area contributed by atoms with Gasteiger partial charge in [-0.3, -0.25) is 0 Å². The van der Waals surface area contributed by atoms with Gasteiger partial charge in [0, 0.05) is 12.3 Å². The number of hydrogen-bond donors (Lipinski definition) is 0. The predicted octanol–water partition coefficient (Wildman–Crippen LogP) is 6.84. The van der Waals surface area contributed by atoms with Gasteiger partial charge in [-0.15, -0.1) is 6.58 Å². The summed E-state index contributed by atoms with van der Waals surface area (Å²) in [6, 6.07) is 20.6. The second-order valence-corrected chi connectivity index (χ2v) is 8.26. The normalized spacial score (nSPS) is 16.8. The maximum Gasteiger partial charge on any atom is 0.168 e. The molecule has 0 bridgehead atoms. The van der Waals surface area contributed by atoms with Crippen molar-refractivity contribution < 1.29 is 9.47 Å². The fourth-order valence-corrected chi connectivity index (χ4v) is 4.63. The van der Waals surface area contributed by atoms with Crippen LogP contribution < -0.4 is 9.47 Å². The van der Waals surface area contributed by atoms with Crippen LogP contribution in [0.4, 0.5) is 0 Å². The lowest BCUT2D eigenvalue weighted by Crippen LogP contribution is -2.29. The summed E-state index contributed by atoms with van der Waals surface area (Å²) in [6.07, 6.45) is 11.2. The number of rotatable bonds is 9. The van der Waals surface area contributed by atoms with Crippen LogP contribution in [0.5, 0.6) is 11.5 Å². The summed E-state index contributed by atoms with van der Waals surface area (Å²) in [5.74, 6) is 1.58. The number of allylic oxidation sites excluding steroid dienone is 4. The van der Waals surface area contributed by atoms with Gasteiger partial charge in [-0.25, -0.2) is 0 Å². The third kappa shape index (κ3) is 5.36. The molecule has 2 atom stereocenters. The number of nitriles is 2. The van der Waals surface area contributed by atoms with Crippen LogP contribution in [0.2, 0.25) is 0 Å². The Labute approximate surface area is 197 Å². The summed E-state index contributed by atoms with van der Waals surface area (Å²) >= 11 is 0. The number of nitrogens with zero attached hydrogens (tertiary/aromatic N) is 2. The molecule has 0 aromatic heterocycles.